The summed E-state index contributed by atoms with van der Waals surface area (Å²) in [5, 5.41) is 0. The summed E-state index contributed by atoms with van der Waals surface area (Å²) in [5.41, 5.74) is 2.97. The Bertz CT molecular complexity index is 440. The summed E-state index contributed by atoms with van der Waals surface area (Å²) in [6.45, 7) is 11.6. The number of carbonyl (C=O) groups is 1. The number of esters is 1. The van der Waals surface area contributed by atoms with Gasteiger partial charge in [0, 0.05) is 12.7 Å². The number of benzene rings is 1. The number of carbonyl (C=O) groups excluding carboxylic acids is 1. The first-order valence-corrected chi connectivity index (χ1v) is 6.64. The summed E-state index contributed by atoms with van der Waals surface area (Å²) in [6, 6.07) is 5.97. The molecule has 0 spiro atoms. The van der Waals surface area contributed by atoms with Crippen molar-refractivity contribution in [1.29, 1.82) is 0 Å². The number of rotatable bonds is 3. The number of hydrogen-bond donors (Lipinski definition) is 0. The van der Waals surface area contributed by atoms with Crippen LogP contribution in [-0.4, -0.2) is 24.7 Å². The zero-order valence-corrected chi connectivity index (χ0v) is 13.1. The van der Waals surface area contributed by atoms with Crippen LogP contribution in [-0.2, 0) is 9.53 Å². The van der Waals surface area contributed by atoms with Crippen molar-refractivity contribution in [2.75, 3.05) is 11.9 Å². The minimum absolute atomic E-state index is 0.200. The zero-order chi connectivity index (χ0) is 14.8. The van der Waals surface area contributed by atoms with Crippen molar-refractivity contribution < 1.29 is 9.53 Å². The smallest absolute Gasteiger partial charge is 0.328 e. The normalized spacial score (nSPS) is 13.0. The molecule has 1 aromatic rings. The standard InChI is InChI=1S/C16H25NO2/c1-11-8-12(2)10-14(9-11)17(7)13(3)15(18)19-16(4,5)6/h8-10,13H,1-7H3. The molecule has 0 radical (unpaired) electrons. The third-order valence-corrected chi connectivity index (χ3v) is 2.94. The number of ether oxygens (including phenoxy) is 1. The lowest BCUT2D eigenvalue weighted by atomic mass is 10.1. The van der Waals surface area contributed by atoms with Crippen LogP contribution in [0.4, 0.5) is 5.69 Å². The third kappa shape index (κ3) is 4.58. The van der Waals surface area contributed by atoms with E-state index in [2.05, 4.69) is 32.0 Å². The van der Waals surface area contributed by atoms with Crippen molar-refractivity contribution in [2.45, 2.75) is 53.2 Å². The molecule has 1 aromatic carbocycles. The first kappa shape index (κ1) is 15.5. The molecule has 3 heteroatoms. The molecule has 1 unspecified atom stereocenters. The number of aryl methyl sites for hydroxylation is 2. The second-order valence-corrected chi connectivity index (χ2v) is 6.17. The van der Waals surface area contributed by atoms with Crippen molar-refractivity contribution >= 4 is 11.7 Å². The van der Waals surface area contributed by atoms with Gasteiger partial charge < -0.3 is 9.64 Å². The number of likely N-dealkylation sites (N-methyl/N-ethyl adjacent to an activating group) is 1. The SMILES string of the molecule is Cc1cc(C)cc(N(C)C(C)C(=O)OC(C)(C)C)c1. The van der Waals surface area contributed by atoms with E-state index in [1.807, 2.05) is 39.6 Å². The average Bonchev–Trinajstić information content (AvgIpc) is 2.23. The molecule has 0 heterocycles. The highest BCUT2D eigenvalue weighted by atomic mass is 16.6. The summed E-state index contributed by atoms with van der Waals surface area (Å²) in [5.74, 6) is -0.200. The molecule has 0 N–H and O–H groups in total. The summed E-state index contributed by atoms with van der Waals surface area (Å²) < 4.78 is 5.42. The van der Waals surface area contributed by atoms with Crippen molar-refractivity contribution in [3.05, 3.63) is 29.3 Å². The van der Waals surface area contributed by atoms with E-state index in [9.17, 15) is 4.79 Å². The fourth-order valence-corrected chi connectivity index (χ4v) is 1.92. The van der Waals surface area contributed by atoms with Crippen LogP contribution in [0.1, 0.15) is 38.8 Å². The molecular formula is C16H25NO2. The molecule has 0 aliphatic rings. The molecular weight excluding hydrogens is 238 g/mol. The van der Waals surface area contributed by atoms with E-state index in [1.165, 1.54) is 11.1 Å². The fraction of sp³-hybridized carbons (Fsp3) is 0.562. The van der Waals surface area contributed by atoms with E-state index in [1.54, 1.807) is 0 Å². The molecule has 0 aromatic heterocycles. The predicted octanol–water partition coefficient (Wildman–Crippen LogP) is 3.47. The van der Waals surface area contributed by atoms with Gasteiger partial charge in [-0.25, -0.2) is 4.79 Å². The van der Waals surface area contributed by atoms with Gasteiger partial charge in [-0.1, -0.05) is 6.07 Å². The van der Waals surface area contributed by atoms with Crippen molar-refractivity contribution in [3.8, 4) is 0 Å². The lowest BCUT2D eigenvalue weighted by Crippen LogP contribution is -2.40. The molecule has 0 saturated heterocycles. The van der Waals surface area contributed by atoms with Gasteiger partial charge >= 0.3 is 5.97 Å². The highest BCUT2D eigenvalue weighted by Gasteiger charge is 2.25. The van der Waals surface area contributed by atoms with Gasteiger partial charge in [-0.05, 0) is 64.8 Å². The van der Waals surface area contributed by atoms with E-state index >= 15 is 0 Å². The maximum absolute atomic E-state index is 12.1. The Morgan fingerprint density at radius 1 is 1.16 bits per heavy atom. The average molecular weight is 263 g/mol. The maximum Gasteiger partial charge on any atom is 0.328 e. The van der Waals surface area contributed by atoms with Crippen LogP contribution >= 0.6 is 0 Å². The van der Waals surface area contributed by atoms with E-state index in [0.29, 0.717) is 0 Å². The molecule has 0 bridgehead atoms. The minimum Gasteiger partial charge on any atom is -0.458 e. The van der Waals surface area contributed by atoms with Gasteiger partial charge in [0.25, 0.3) is 0 Å². The topological polar surface area (TPSA) is 29.5 Å². The van der Waals surface area contributed by atoms with Crippen LogP contribution in [0.15, 0.2) is 18.2 Å². The summed E-state index contributed by atoms with van der Waals surface area (Å²) in [4.78, 5) is 14.0. The van der Waals surface area contributed by atoms with Crippen LogP contribution < -0.4 is 4.90 Å². The Labute approximate surface area is 116 Å². The molecule has 0 aliphatic heterocycles. The number of anilines is 1. The van der Waals surface area contributed by atoms with Gasteiger partial charge in [0.05, 0.1) is 0 Å². The Morgan fingerprint density at radius 3 is 2.05 bits per heavy atom. The van der Waals surface area contributed by atoms with Crippen LogP contribution in [0, 0.1) is 13.8 Å². The Kier molecular flexibility index (Phi) is 4.61. The van der Waals surface area contributed by atoms with E-state index in [-0.39, 0.29) is 12.0 Å². The van der Waals surface area contributed by atoms with Gasteiger partial charge in [0.1, 0.15) is 11.6 Å². The number of hydrogen-bond acceptors (Lipinski definition) is 3. The Balaban J connectivity index is 2.87. The first-order valence-electron chi connectivity index (χ1n) is 6.64. The predicted molar refractivity (Wildman–Crippen MR) is 79.6 cm³/mol. The van der Waals surface area contributed by atoms with Gasteiger partial charge in [-0.3, -0.25) is 0 Å². The van der Waals surface area contributed by atoms with Crippen LogP contribution in [0.25, 0.3) is 0 Å². The van der Waals surface area contributed by atoms with Gasteiger partial charge in [-0.2, -0.15) is 0 Å². The fourth-order valence-electron chi connectivity index (χ4n) is 1.92. The Morgan fingerprint density at radius 2 is 1.63 bits per heavy atom. The van der Waals surface area contributed by atoms with Crippen LogP contribution in [0.3, 0.4) is 0 Å². The zero-order valence-electron chi connectivity index (χ0n) is 13.1. The molecule has 1 atom stereocenters. The highest BCUT2D eigenvalue weighted by molar-refractivity contribution is 5.80. The van der Waals surface area contributed by atoms with Crippen LogP contribution in [0.5, 0.6) is 0 Å². The van der Waals surface area contributed by atoms with Gasteiger partial charge in [-0.15, -0.1) is 0 Å². The maximum atomic E-state index is 12.1. The van der Waals surface area contributed by atoms with E-state index < -0.39 is 5.60 Å². The lowest BCUT2D eigenvalue weighted by molar-refractivity contribution is -0.155. The first-order chi connectivity index (χ1) is 8.60. The molecule has 0 aliphatic carbocycles. The third-order valence-electron chi connectivity index (χ3n) is 2.94. The second-order valence-electron chi connectivity index (χ2n) is 6.17. The minimum atomic E-state index is -0.450. The molecule has 0 amide bonds. The van der Waals surface area contributed by atoms with Gasteiger partial charge in [0.2, 0.25) is 0 Å². The van der Waals surface area contributed by atoms with E-state index in [4.69, 9.17) is 4.74 Å². The molecule has 19 heavy (non-hydrogen) atoms. The van der Waals surface area contributed by atoms with Gasteiger partial charge in [0.15, 0.2) is 0 Å². The molecule has 0 fully saturated rings. The number of nitrogens with zero attached hydrogens (tertiary/aromatic N) is 1. The van der Waals surface area contributed by atoms with E-state index in [0.717, 1.165) is 5.69 Å². The lowest BCUT2D eigenvalue weighted by Gasteiger charge is -2.29. The molecule has 1 rings (SSSR count). The summed E-state index contributed by atoms with van der Waals surface area (Å²) in [7, 11) is 1.92. The largest absolute Gasteiger partial charge is 0.458 e. The molecule has 106 valence electrons. The Hall–Kier alpha value is -1.51. The van der Waals surface area contributed by atoms with Crippen molar-refractivity contribution in [3.63, 3.8) is 0 Å². The van der Waals surface area contributed by atoms with Crippen molar-refractivity contribution in [1.82, 2.24) is 0 Å². The quantitative estimate of drug-likeness (QED) is 0.782. The summed E-state index contributed by atoms with van der Waals surface area (Å²) in [6.07, 6.45) is 0. The molecule has 3 nitrogen and oxygen atoms in total. The second kappa shape index (κ2) is 5.64. The summed E-state index contributed by atoms with van der Waals surface area (Å²) >= 11 is 0. The highest BCUT2D eigenvalue weighted by Crippen LogP contribution is 2.20. The van der Waals surface area contributed by atoms with Crippen LogP contribution in [0.2, 0.25) is 0 Å². The monoisotopic (exact) mass is 263 g/mol. The van der Waals surface area contributed by atoms with Crippen molar-refractivity contribution in [2.24, 2.45) is 0 Å². The molecule has 0 saturated carbocycles.